The van der Waals surface area contributed by atoms with Gasteiger partial charge < -0.3 is 104 Å². The van der Waals surface area contributed by atoms with E-state index in [4.69, 9.17) is 16.2 Å². The number of hydrogen-bond acceptors (Lipinski definition) is 22. The fourth-order valence-electron chi connectivity index (χ4n) is 8.71. The molecule has 6 rings (SSSR count). The number of anilines is 1. The van der Waals surface area contributed by atoms with E-state index in [-0.39, 0.29) is 29.5 Å². The molecule has 398 valence electrons. The Balaban J connectivity index is 1.43. The van der Waals surface area contributed by atoms with Crippen molar-refractivity contribution in [3.8, 4) is 5.75 Å². The summed E-state index contributed by atoms with van der Waals surface area (Å²) < 4.78 is 5.66. The van der Waals surface area contributed by atoms with Crippen molar-refractivity contribution in [3.63, 3.8) is 0 Å². The zero-order valence-electron chi connectivity index (χ0n) is 39.4. The maximum Gasteiger partial charge on any atom is 0.246 e. The summed E-state index contributed by atoms with van der Waals surface area (Å²) in [4.78, 5) is 107. The standard InChI is InChI=1S/C44H61N13O16/c1-17(20-6-4-3-5-7-20)29-39(70)51-22(11-19-8-9-26(61)21(10-19)50-18(2)60)38(69)55-30(32(63)23-12-48-43(45)53-23)41(72)56-31(40(71)52-24(15-58)37(68)47-14-28(62)54-29)33(64)25-13-49-44(46)57(25)42-36(67)35(66)34(65)27(16-59)73-42/h3-10,17,22-25,27,29-36,42,58-59,61,63-67H,11-16H2,1-2H3,(H2,46,49)(H,47,68)(H,50,60)(H,51,70)(H,52,71)(H,54,62)(H,55,69)(H,56,72)(H3,45,48,53)/t17?,22-,23?,24+,25?,27-,29+,30+,31-,32?,33?,34-,35+,36+,42+/m1/s1. The number of guanidine groups is 2. The molecule has 4 aliphatic rings. The molecule has 0 spiro atoms. The number of nitrogens with zero attached hydrogens (tertiary/aromatic N) is 3. The van der Waals surface area contributed by atoms with Crippen LogP contribution in [0.3, 0.4) is 0 Å². The molecule has 0 radical (unpaired) electrons. The van der Waals surface area contributed by atoms with Gasteiger partial charge in [0, 0.05) is 19.3 Å². The number of amides is 7. The van der Waals surface area contributed by atoms with Crippen molar-refractivity contribution in [3.05, 3.63) is 59.7 Å². The van der Waals surface area contributed by atoms with Crippen LogP contribution in [0.5, 0.6) is 5.75 Å². The van der Waals surface area contributed by atoms with E-state index in [0.29, 0.717) is 5.56 Å². The molecule has 2 fully saturated rings. The highest BCUT2D eigenvalue weighted by molar-refractivity contribution is 5.99. The van der Waals surface area contributed by atoms with Gasteiger partial charge in [-0.3, -0.25) is 43.5 Å². The summed E-state index contributed by atoms with van der Waals surface area (Å²) in [6, 6.07) is -0.139. The molecule has 29 nitrogen and oxygen atoms in total. The van der Waals surface area contributed by atoms with E-state index in [9.17, 15) is 74.4 Å². The molecule has 2 saturated heterocycles. The zero-order valence-corrected chi connectivity index (χ0v) is 39.4. The Morgan fingerprint density at radius 2 is 1.41 bits per heavy atom. The number of nitrogens with two attached hydrogens (primary N) is 2. The third-order valence-corrected chi connectivity index (χ3v) is 12.8. The number of nitrogens with one attached hydrogen (secondary N) is 8. The molecule has 4 heterocycles. The van der Waals surface area contributed by atoms with E-state index in [1.807, 2.05) is 0 Å². The van der Waals surface area contributed by atoms with Crippen LogP contribution in [0.1, 0.15) is 30.9 Å². The molecule has 20 N–H and O–H groups in total. The Morgan fingerprint density at radius 1 is 0.767 bits per heavy atom. The molecule has 0 aliphatic carbocycles. The van der Waals surface area contributed by atoms with Gasteiger partial charge in [-0.2, -0.15) is 0 Å². The number of aliphatic hydroxyl groups excluding tert-OH is 7. The normalized spacial score (nSPS) is 31.1. The van der Waals surface area contributed by atoms with Gasteiger partial charge in [-0.05, 0) is 23.3 Å². The molecule has 15 atom stereocenters. The van der Waals surface area contributed by atoms with Gasteiger partial charge in [-0.15, -0.1) is 0 Å². The highest BCUT2D eigenvalue weighted by Gasteiger charge is 2.52. The van der Waals surface area contributed by atoms with Crippen LogP contribution in [0, 0.1) is 0 Å². The van der Waals surface area contributed by atoms with E-state index < -0.39 is 171 Å². The molecule has 0 saturated carbocycles. The third-order valence-electron chi connectivity index (χ3n) is 12.8. The van der Waals surface area contributed by atoms with Crippen LogP contribution in [0.15, 0.2) is 58.5 Å². The Bertz CT molecular complexity index is 2430. The van der Waals surface area contributed by atoms with Crippen LogP contribution in [-0.4, -0.2) is 217 Å². The van der Waals surface area contributed by atoms with Gasteiger partial charge in [-0.1, -0.05) is 43.3 Å². The maximum absolute atomic E-state index is 14.8. The number of ether oxygens (including phenoxy) is 1. The lowest BCUT2D eigenvalue weighted by Crippen LogP contribution is -2.70. The molecule has 2 aromatic rings. The first kappa shape index (κ1) is 55.1. The third kappa shape index (κ3) is 12.9. The quantitative estimate of drug-likeness (QED) is 0.0878. The monoisotopic (exact) mass is 1030 g/mol. The second-order valence-corrected chi connectivity index (χ2v) is 17.8. The van der Waals surface area contributed by atoms with E-state index in [0.717, 1.165) is 4.90 Å². The Hall–Kier alpha value is -7.25. The molecule has 5 unspecified atom stereocenters. The lowest BCUT2D eigenvalue weighted by atomic mass is 9.92. The molecular weight excluding hydrogens is 967 g/mol. The number of aromatic hydroxyl groups is 1. The minimum absolute atomic E-state index is 0.0785. The Labute approximate surface area is 415 Å². The maximum atomic E-state index is 14.8. The van der Waals surface area contributed by atoms with Crippen molar-refractivity contribution in [1.29, 1.82) is 0 Å². The molecule has 2 aromatic carbocycles. The van der Waals surface area contributed by atoms with Crippen LogP contribution < -0.4 is 54.0 Å². The number of rotatable bonds is 12. The topological polar surface area (TPSA) is 467 Å². The number of aliphatic imine (C=N–C) groups is 2. The first-order valence-corrected chi connectivity index (χ1v) is 23.0. The molecule has 73 heavy (non-hydrogen) atoms. The first-order chi connectivity index (χ1) is 34.6. The lowest BCUT2D eigenvalue weighted by molar-refractivity contribution is -0.260. The van der Waals surface area contributed by atoms with Crippen LogP contribution in [0.2, 0.25) is 0 Å². The number of phenolic OH excluding ortho intramolecular Hbond substituents is 1. The van der Waals surface area contributed by atoms with Gasteiger partial charge in [0.1, 0.15) is 72.6 Å². The Morgan fingerprint density at radius 3 is 2.05 bits per heavy atom. The second-order valence-electron chi connectivity index (χ2n) is 17.8. The first-order valence-electron chi connectivity index (χ1n) is 23.0. The smallest absolute Gasteiger partial charge is 0.246 e. The van der Waals surface area contributed by atoms with Crippen LogP contribution in [-0.2, 0) is 44.7 Å². The predicted molar refractivity (Wildman–Crippen MR) is 252 cm³/mol. The summed E-state index contributed by atoms with van der Waals surface area (Å²) in [6.07, 6.45) is -13.8. The summed E-state index contributed by atoms with van der Waals surface area (Å²) in [6.45, 7) is -0.869. The Kier molecular flexibility index (Phi) is 18.1. The second kappa shape index (κ2) is 24.0. The summed E-state index contributed by atoms with van der Waals surface area (Å²) in [5.41, 5.74) is 12.7. The van der Waals surface area contributed by atoms with Gasteiger partial charge in [0.25, 0.3) is 0 Å². The van der Waals surface area contributed by atoms with Gasteiger partial charge >= 0.3 is 0 Å². The largest absolute Gasteiger partial charge is 0.506 e. The van der Waals surface area contributed by atoms with Crippen molar-refractivity contribution in [1.82, 2.24) is 42.1 Å². The SMILES string of the molecule is CC(=O)Nc1cc(C[C@H]2NC(=O)[C@H](C(C)c3ccccc3)NC(=O)CNC(=O)[C@H](CO)NC(=O)[C@@H](C(O)C3CN=C(N)N3[C@H]3O[C@H](CO)[C@@H](O)[C@H](O)[C@@H]3O)NC(=O)[C@H](C(O)C3CN=C(N)N3)NC2=O)ccc1O. The van der Waals surface area contributed by atoms with E-state index >= 15 is 0 Å². The van der Waals surface area contributed by atoms with Crippen molar-refractivity contribution in [2.24, 2.45) is 21.5 Å². The summed E-state index contributed by atoms with van der Waals surface area (Å²) in [5, 5.41) is 106. The minimum atomic E-state index is -2.29. The van der Waals surface area contributed by atoms with Crippen LogP contribution in [0.25, 0.3) is 0 Å². The van der Waals surface area contributed by atoms with Crippen molar-refractivity contribution in [2.45, 2.75) is 111 Å². The minimum Gasteiger partial charge on any atom is -0.506 e. The van der Waals surface area contributed by atoms with Gasteiger partial charge in [0.2, 0.25) is 41.4 Å². The van der Waals surface area contributed by atoms with Crippen molar-refractivity contribution >= 4 is 59.0 Å². The highest BCUT2D eigenvalue weighted by atomic mass is 16.6. The fraction of sp³-hybridized carbons (Fsp3) is 0.523. The molecule has 0 aromatic heterocycles. The van der Waals surface area contributed by atoms with Gasteiger partial charge in [0.15, 0.2) is 18.1 Å². The van der Waals surface area contributed by atoms with Crippen LogP contribution >= 0.6 is 0 Å². The summed E-state index contributed by atoms with van der Waals surface area (Å²) in [7, 11) is 0. The van der Waals surface area contributed by atoms with Crippen LogP contribution in [0.4, 0.5) is 5.69 Å². The number of benzene rings is 2. The average molecular weight is 1030 g/mol. The number of aliphatic hydroxyl groups is 7. The van der Waals surface area contributed by atoms with Crippen molar-refractivity contribution < 1.29 is 79.2 Å². The van der Waals surface area contributed by atoms with Crippen molar-refractivity contribution in [2.75, 3.05) is 38.2 Å². The van der Waals surface area contributed by atoms with E-state index in [2.05, 4.69) is 52.5 Å². The molecule has 4 aliphatic heterocycles. The summed E-state index contributed by atoms with van der Waals surface area (Å²) in [5.74, 6) is -9.47. The lowest BCUT2D eigenvalue weighted by Gasteiger charge is -2.46. The van der Waals surface area contributed by atoms with Gasteiger partial charge in [0.05, 0.1) is 50.6 Å². The number of phenols is 1. The molecular formula is C44H61N13O16. The molecule has 29 heteroatoms. The fourth-order valence-corrected chi connectivity index (χ4v) is 8.71. The summed E-state index contributed by atoms with van der Waals surface area (Å²) >= 11 is 0. The number of hydrogen-bond donors (Lipinski definition) is 18. The molecule has 7 amide bonds. The van der Waals surface area contributed by atoms with E-state index in [1.54, 1.807) is 37.3 Å². The van der Waals surface area contributed by atoms with Gasteiger partial charge in [-0.25, -0.2) is 0 Å². The number of carbonyl (C=O) groups excluding carboxylic acids is 7. The average Bonchev–Trinajstić information content (AvgIpc) is 3.98. The zero-order chi connectivity index (χ0) is 53.4. The number of carbonyl (C=O) groups is 7. The molecule has 0 bridgehead atoms. The van der Waals surface area contributed by atoms with E-state index in [1.165, 1.54) is 25.1 Å². The predicted octanol–water partition coefficient (Wildman–Crippen LogP) is -8.95. The highest BCUT2D eigenvalue weighted by Crippen LogP contribution is 2.29.